The zero-order valence-corrected chi connectivity index (χ0v) is 18.9. The first-order valence-electron chi connectivity index (χ1n) is 10.1. The van der Waals surface area contributed by atoms with Crippen molar-refractivity contribution in [1.82, 2.24) is 9.62 Å². The lowest BCUT2D eigenvalue weighted by Gasteiger charge is -2.22. The van der Waals surface area contributed by atoms with Crippen LogP contribution in [-0.2, 0) is 4.79 Å². The lowest BCUT2D eigenvalue weighted by molar-refractivity contribution is -0.115. The van der Waals surface area contributed by atoms with Gasteiger partial charge in [0.15, 0.2) is 0 Å². The first-order chi connectivity index (χ1) is 14.8. The zero-order chi connectivity index (χ0) is 22.5. The minimum atomic E-state index is -0.394. The molecule has 2 aromatic rings. The molecule has 2 aromatic carbocycles. The highest BCUT2D eigenvalue weighted by Crippen LogP contribution is 2.48. The third-order valence-electron chi connectivity index (χ3n) is 4.91. The van der Waals surface area contributed by atoms with Gasteiger partial charge in [-0.3, -0.25) is 4.79 Å². The van der Waals surface area contributed by atoms with Crippen molar-refractivity contribution in [2.24, 2.45) is 0 Å². The van der Waals surface area contributed by atoms with Gasteiger partial charge >= 0.3 is 0 Å². The number of rotatable bonds is 9. The SMILES string of the molecule is CC(C)=C/C(NSC1CC1c1cccc(F)c1)=C(/Nc1ccc(C)cc1F)N(C)C=O. The van der Waals surface area contributed by atoms with E-state index in [-0.39, 0.29) is 22.7 Å². The molecule has 4 nitrogen and oxygen atoms in total. The topological polar surface area (TPSA) is 44.4 Å². The standard InChI is InChI=1S/C24H27F2N3OS/c1-15(2)10-22(28-31-23-13-19(23)17-6-5-7-18(25)12-17)24(29(4)14-30)27-21-9-8-16(3)11-20(21)26/h5-12,14,19,23,27-28H,13H2,1-4H3/b24-22+. The van der Waals surface area contributed by atoms with Crippen LogP contribution in [0.5, 0.6) is 0 Å². The molecule has 0 aliphatic heterocycles. The van der Waals surface area contributed by atoms with E-state index < -0.39 is 5.82 Å². The minimum absolute atomic E-state index is 0.231. The van der Waals surface area contributed by atoms with Crippen molar-refractivity contribution in [3.63, 3.8) is 0 Å². The fourth-order valence-electron chi connectivity index (χ4n) is 3.21. The smallest absolute Gasteiger partial charge is 0.215 e. The summed E-state index contributed by atoms with van der Waals surface area (Å²) < 4.78 is 31.3. The summed E-state index contributed by atoms with van der Waals surface area (Å²) in [6, 6.07) is 11.6. The van der Waals surface area contributed by atoms with Gasteiger partial charge in [0.2, 0.25) is 6.41 Å². The van der Waals surface area contributed by atoms with E-state index in [4.69, 9.17) is 0 Å². The molecule has 1 saturated carbocycles. The van der Waals surface area contributed by atoms with Gasteiger partial charge in [0.25, 0.3) is 0 Å². The molecular formula is C24H27F2N3OS. The van der Waals surface area contributed by atoms with E-state index in [1.807, 2.05) is 32.9 Å². The Bertz CT molecular complexity index is 1020. The molecule has 0 heterocycles. The number of allylic oxidation sites excluding steroid dienone is 2. The Morgan fingerprint density at radius 2 is 1.97 bits per heavy atom. The fraction of sp³-hybridized carbons (Fsp3) is 0.292. The molecule has 0 spiro atoms. The van der Waals surface area contributed by atoms with Crippen molar-refractivity contribution in [3.05, 3.63) is 88.4 Å². The maximum absolute atomic E-state index is 14.4. The summed E-state index contributed by atoms with van der Waals surface area (Å²) in [5, 5.41) is 3.33. The van der Waals surface area contributed by atoms with Crippen LogP contribution in [0, 0.1) is 18.6 Å². The molecule has 1 aliphatic carbocycles. The molecule has 0 aromatic heterocycles. The number of benzene rings is 2. The largest absolute Gasteiger partial charge is 0.337 e. The summed E-state index contributed by atoms with van der Waals surface area (Å²) in [7, 11) is 1.61. The average Bonchev–Trinajstić information content (AvgIpc) is 3.50. The Morgan fingerprint density at radius 1 is 1.19 bits per heavy atom. The van der Waals surface area contributed by atoms with Crippen LogP contribution in [0.1, 0.15) is 37.3 Å². The molecule has 2 N–H and O–H groups in total. The third-order valence-corrected chi connectivity index (χ3v) is 6.07. The number of nitrogens with zero attached hydrogens (tertiary/aromatic N) is 1. The second-order valence-electron chi connectivity index (χ2n) is 7.96. The van der Waals surface area contributed by atoms with Crippen molar-refractivity contribution in [1.29, 1.82) is 0 Å². The van der Waals surface area contributed by atoms with Crippen molar-refractivity contribution in [2.45, 2.75) is 38.4 Å². The van der Waals surface area contributed by atoms with Crippen LogP contribution in [0.2, 0.25) is 0 Å². The summed E-state index contributed by atoms with van der Waals surface area (Å²) in [4.78, 5) is 12.9. The van der Waals surface area contributed by atoms with E-state index in [0.717, 1.165) is 23.1 Å². The van der Waals surface area contributed by atoms with Gasteiger partial charge in [-0.05, 0) is 86.5 Å². The molecular weight excluding hydrogens is 416 g/mol. The number of aryl methyl sites for hydroxylation is 1. The molecule has 0 saturated heterocycles. The van der Waals surface area contributed by atoms with Gasteiger partial charge < -0.3 is 14.9 Å². The van der Waals surface area contributed by atoms with Gasteiger partial charge in [-0.25, -0.2) is 8.78 Å². The second-order valence-corrected chi connectivity index (χ2v) is 9.01. The maximum atomic E-state index is 14.4. The zero-order valence-electron chi connectivity index (χ0n) is 18.1. The van der Waals surface area contributed by atoms with Crippen LogP contribution in [0.25, 0.3) is 0 Å². The molecule has 2 atom stereocenters. The molecule has 3 rings (SSSR count). The van der Waals surface area contributed by atoms with Gasteiger partial charge in [-0.1, -0.05) is 23.8 Å². The first-order valence-corrected chi connectivity index (χ1v) is 10.9. The molecule has 31 heavy (non-hydrogen) atoms. The van der Waals surface area contributed by atoms with Gasteiger partial charge in [0.05, 0.1) is 11.4 Å². The molecule has 1 fully saturated rings. The molecule has 0 radical (unpaired) electrons. The Hall–Kier alpha value is -2.80. The van der Waals surface area contributed by atoms with Crippen LogP contribution in [0.3, 0.4) is 0 Å². The summed E-state index contributed by atoms with van der Waals surface area (Å²) in [5.41, 5.74) is 3.75. The Labute approximate surface area is 186 Å². The van der Waals surface area contributed by atoms with Gasteiger partial charge in [-0.15, -0.1) is 0 Å². The molecule has 1 amide bonds. The van der Waals surface area contributed by atoms with Crippen LogP contribution in [0.15, 0.2) is 65.6 Å². The number of carbonyl (C=O) groups excluding carboxylic acids is 1. The van der Waals surface area contributed by atoms with E-state index >= 15 is 0 Å². The monoisotopic (exact) mass is 443 g/mol. The summed E-state index contributed by atoms with van der Waals surface area (Å²) >= 11 is 1.52. The predicted octanol–water partition coefficient (Wildman–Crippen LogP) is 5.70. The Morgan fingerprint density at radius 3 is 2.61 bits per heavy atom. The lowest BCUT2D eigenvalue weighted by Crippen LogP contribution is -2.26. The quantitative estimate of drug-likeness (QED) is 0.296. The van der Waals surface area contributed by atoms with E-state index in [0.29, 0.717) is 17.9 Å². The number of halogens is 2. The minimum Gasteiger partial charge on any atom is -0.337 e. The number of hydrogen-bond acceptors (Lipinski definition) is 4. The Kier molecular flexibility index (Phi) is 7.38. The number of hydrogen-bond donors (Lipinski definition) is 2. The molecule has 1 aliphatic rings. The number of anilines is 1. The van der Waals surface area contributed by atoms with E-state index in [2.05, 4.69) is 10.0 Å². The van der Waals surface area contributed by atoms with Gasteiger partial charge in [0.1, 0.15) is 17.5 Å². The van der Waals surface area contributed by atoms with Crippen molar-refractivity contribution >= 4 is 24.0 Å². The number of amides is 1. The lowest BCUT2D eigenvalue weighted by atomic mass is 10.1. The van der Waals surface area contributed by atoms with Crippen LogP contribution in [-0.4, -0.2) is 23.6 Å². The predicted molar refractivity (Wildman–Crippen MR) is 123 cm³/mol. The average molecular weight is 444 g/mol. The van der Waals surface area contributed by atoms with Crippen molar-refractivity contribution < 1.29 is 13.6 Å². The molecule has 164 valence electrons. The van der Waals surface area contributed by atoms with E-state index in [1.54, 1.807) is 31.3 Å². The van der Waals surface area contributed by atoms with Crippen LogP contribution >= 0.6 is 11.9 Å². The highest BCUT2D eigenvalue weighted by atomic mass is 32.2. The molecule has 0 bridgehead atoms. The summed E-state index contributed by atoms with van der Waals surface area (Å²) in [6.45, 7) is 5.71. The maximum Gasteiger partial charge on any atom is 0.215 e. The van der Waals surface area contributed by atoms with Crippen molar-refractivity contribution in [3.8, 4) is 0 Å². The highest BCUT2D eigenvalue weighted by Gasteiger charge is 2.39. The van der Waals surface area contributed by atoms with E-state index in [9.17, 15) is 13.6 Å². The first kappa shape index (κ1) is 22.9. The Balaban J connectivity index is 1.82. The van der Waals surface area contributed by atoms with Gasteiger partial charge in [-0.2, -0.15) is 0 Å². The molecule has 7 heteroatoms. The number of carbonyl (C=O) groups is 1. The van der Waals surface area contributed by atoms with Crippen LogP contribution < -0.4 is 10.0 Å². The highest BCUT2D eigenvalue weighted by molar-refractivity contribution is 7.98. The summed E-state index contributed by atoms with van der Waals surface area (Å²) in [5.74, 6) is 0.0881. The normalized spacial score (nSPS) is 18.0. The van der Waals surface area contributed by atoms with Gasteiger partial charge in [0, 0.05) is 12.3 Å². The fourth-order valence-corrected chi connectivity index (χ4v) is 4.27. The number of nitrogens with one attached hydrogen (secondary N) is 2. The molecule has 2 unspecified atom stereocenters. The van der Waals surface area contributed by atoms with Crippen LogP contribution in [0.4, 0.5) is 14.5 Å². The summed E-state index contributed by atoms with van der Waals surface area (Å²) in [6.07, 6.45) is 3.51. The second kappa shape index (κ2) is 10.0. The van der Waals surface area contributed by atoms with E-state index in [1.165, 1.54) is 29.0 Å². The van der Waals surface area contributed by atoms with Crippen molar-refractivity contribution in [2.75, 3.05) is 12.4 Å². The third kappa shape index (κ3) is 6.10.